The number of benzene rings is 2. The van der Waals surface area contributed by atoms with Gasteiger partial charge in [-0.3, -0.25) is 0 Å². The first kappa shape index (κ1) is 13.9. The molecule has 2 aromatic rings. The smallest absolute Gasteiger partial charge is 0.161 e. The van der Waals surface area contributed by atoms with Gasteiger partial charge < -0.3 is 15.2 Å². The van der Waals surface area contributed by atoms with E-state index in [4.69, 9.17) is 15.2 Å². The van der Waals surface area contributed by atoms with Gasteiger partial charge in [-0.05, 0) is 29.3 Å². The summed E-state index contributed by atoms with van der Waals surface area (Å²) in [5.41, 5.74) is 8.32. The molecular formula is C15H16BrNO2. The lowest BCUT2D eigenvalue weighted by atomic mass is 9.99. The quantitative estimate of drug-likeness (QED) is 0.937. The van der Waals surface area contributed by atoms with Gasteiger partial charge in [-0.1, -0.05) is 40.2 Å². The Kier molecular flexibility index (Phi) is 4.45. The molecule has 0 aliphatic rings. The van der Waals surface area contributed by atoms with Crippen molar-refractivity contribution in [3.05, 3.63) is 58.1 Å². The van der Waals surface area contributed by atoms with Crippen molar-refractivity contribution in [1.82, 2.24) is 0 Å². The highest BCUT2D eigenvalue weighted by Gasteiger charge is 2.14. The molecule has 100 valence electrons. The van der Waals surface area contributed by atoms with Gasteiger partial charge in [0.25, 0.3) is 0 Å². The largest absolute Gasteiger partial charge is 0.493 e. The molecule has 0 aliphatic carbocycles. The molecule has 0 aromatic heterocycles. The van der Waals surface area contributed by atoms with Gasteiger partial charge in [0.05, 0.1) is 20.3 Å². The number of rotatable bonds is 4. The second-order valence-corrected chi connectivity index (χ2v) is 4.97. The minimum atomic E-state index is -0.213. The molecular weight excluding hydrogens is 306 g/mol. The van der Waals surface area contributed by atoms with Crippen LogP contribution < -0.4 is 15.2 Å². The van der Waals surface area contributed by atoms with Gasteiger partial charge >= 0.3 is 0 Å². The van der Waals surface area contributed by atoms with E-state index in [-0.39, 0.29) is 6.04 Å². The Morgan fingerprint density at radius 2 is 1.68 bits per heavy atom. The fraction of sp³-hybridized carbons (Fsp3) is 0.200. The van der Waals surface area contributed by atoms with E-state index in [0.717, 1.165) is 15.6 Å². The molecule has 0 saturated carbocycles. The Bertz CT molecular complexity index is 572. The van der Waals surface area contributed by atoms with Crippen molar-refractivity contribution in [2.24, 2.45) is 5.73 Å². The average Bonchev–Trinajstić information content (AvgIpc) is 2.46. The zero-order valence-electron chi connectivity index (χ0n) is 10.9. The minimum absolute atomic E-state index is 0.213. The number of ether oxygens (including phenoxy) is 2. The van der Waals surface area contributed by atoms with Crippen molar-refractivity contribution in [2.75, 3.05) is 14.2 Å². The van der Waals surface area contributed by atoms with Crippen molar-refractivity contribution < 1.29 is 9.47 Å². The standard InChI is InChI=1S/C15H16BrNO2/c1-18-13-8-7-10(9-14(13)19-2)15(17)11-5-3-4-6-12(11)16/h3-9,15H,17H2,1-2H3. The van der Waals surface area contributed by atoms with Crippen molar-refractivity contribution >= 4 is 15.9 Å². The highest BCUT2D eigenvalue weighted by molar-refractivity contribution is 9.10. The lowest BCUT2D eigenvalue weighted by molar-refractivity contribution is 0.354. The summed E-state index contributed by atoms with van der Waals surface area (Å²) in [6.07, 6.45) is 0. The van der Waals surface area contributed by atoms with Gasteiger partial charge in [-0.25, -0.2) is 0 Å². The van der Waals surface area contributed by atoms with Crippen LogP contribution in [-0.4, -0.2) is 14.2 Å². The van der Waals surface area contributed by atoms with Crippen LogP contribution in [0.3, 0.4) is 0 Å². The molecule has 2 aromatic carbocycles. The monoisotopic (exact) mass is 321 g/mol. The average molecular weight is 322 g/mol. The summed E-state index contributed by atoms with van der Waals surface area (Å²) in [5, 5.41) is 0. The number of halogens is 1. The van der Waals surface area contributed by atoms with Gasteiger partial charge in [0.2, 0.25) is 0 Å². The van der Waals surface area contributed by atoms with E-state index < -0.39 is 0 Å². The molecule has 0 spiro atoms. The fourth-order valence-electron chi connectivity index (χ4n) is 1.95. The van der Waals surface area contributed by atoms with Crippen LogP contribution >= 0.6 is 15.9 Å². The number of methoxy groups -OCH3 is 2. The Labute approximate surface area is 121 Å². The highest BCUT2D eigenvalue weighted by atomic mass is 79.9. The molecule has 0 amide bonds. The zero-order valence-corrected chi connectivity index (χ0v) is 12.5. The molecule has 0 heterocycles. The fourth-order valence-corrected chi connectivity index (χ4v) is 2.48. The van der Waals surface area contributed by atoms with Crippen LogP contribution in [0.1, 0.15) is 17.2 Å². The van der Waals surface area contributed by atoms with Gasteiger partial charge in [0.1, 0.15) is 0 Å². The van der Waals surface area contributed by atoms with Crippen LogP contribution in [-0.2, 0) is 0 Å². The van der Waals surface area contributed by atoms with Crippen LogP contribution in [0.5, 0.6) is 11.5 Å². The van der Waals surface area contributed by atoms with E-state index >= 15 is 0 Å². The molecule has 0 radical (unpaired) electrons. The third-order valence-corrected chi connectivity index (χ3v) is 3.73. The molecule has 2 N–H and O–H groups in total. The molecule has 3 nitrogen and oxygen atoms in total. The van der Waals surface area contributed by atoms with Crippen LogP contribution in [0.4, 0.5) is 0 Å². The molecule has 0 bridgehead atoms. The Morgan fingerprint density at radius 1 is 1.00 bits per heavy atom. The predicted octanol–water partition coefficient (Wildman–Crippen LogP) is 3.51. The Morgan fingerprint density at radius 3 is 2.32 bits per heavy atom. The van der Waals surface area contributed by atoms with E-state index in [2.05, 4.69) is 15.9 Å². The summed E-state index contributed by atoms with van der Waals surface area (Å²) < 4.78 is 11.5. The lowest BCUT2D eigenvalue weighted by Gasteiger charge is -2.16. The van der Waals surface area contributed by atoms with Gasteiger partial charge in [-0.2, -0.15) is 0 Å². The zero-order chi connectivity index (χ0) is 13.8. The van der Waals surface area contributed by atoms with Gasteiger partial charge in [-0.15, -0.1) is 0 Å². The third kappa shape index (κ3) is 2.91. The Hall–Kier alpha value is -1.52. The van der Waals surface area contributed by atoms with Crippen molar-refractivity contribution in [3.63, 3.8) is 0 Å². The second kappa shape index (κ2) is 6.08. The van der Waals surface area contributed by atoms with E-state index in [1.165, 1.54) is 0 Å². The Balaban J connectivity index is 2.39. The molecule has 2 rings (SSSR count). The molecule has 4 heteroatoms. The summed E-state index contributed by atoms with van der Waals surface area (Å²) in [6, 6.07) is 13.4. The third-order valence-electron chi connectivity index (χ3n) is 3.01. The van der Waals surface area contributed by atoms with Gasteiger partial charge in [0.15, 0.2) is 11.5 Å². The van der Waals surface area contributed by atoms with Crippen LogP contribution in [0.15, 0.2) is 46.9 Å². The van der Waals surface area contributed by atoms with E-state index in [1.54, 1.807) is 14.2 Å². The maximum atomic E-state index is 6.31. The van der Waals surface area contributed by atoms with Crippen molar-refractivity contribution in [1.29, 1.82) is 0 Å². The first-order chi connectivity index (χ1) is 9.17. The molecule has 0 saturated heterocycles. The first-order valence-corrected chi connectivity index (χ1v) is 6.68. The predicted molar refractivity (Wildman–Crippen MR) is 79.7 cm³/mol. The number of hydrogen-bond donors (Lipinski definition) is 1. The van der Waals surface area contributed by atoms with Crippen LogP contribution in [0.25, 0.3) is 0 Å². The van der Waals surface area contributed by atoms with Crippen LogP contribution in [0, 0.1) is 0 Å². The summed E-state index contributed by atoms with van der Waals surface area (Å²) in [6.45, 7) is 0. The van der Waals surface area contributed by atoms with Crippen LogP contribution in [0.2, 0.25) is 0 Å². The molecule has 1 atom stereocenters. The highest BCUT2D eigenvalue weighted by Crippen LogP contribution is 2.33. The maximum absolute atomic E-state index is 6.31. The maximum Gasteiger partial charge on any atom is 0.161 e. The SMILES string of the molecule is COc1ccc(C(N)c2ccccc2Br)cc1OC. The van der Waals surface area contributed by atoms with E-state index in [9.17, 15) is 0 Å². The van der Waals surface area contributed by atoms with E-state index in [0.29, 0.717) is 11.5 Å². The molecule has 19 heavy (non-hydrogen) atoms. The topological polar surface area (TPSA) is 44.5 Å². The summed E-state index contributed by atoms with van der Waals surface area (Å²) in [7, 11) is 3.23. The summed E-state index contributed by atoms with van der Waals surface area (Å²) >= 11 is 3.52. The first-order valence-electron chi connectivity index (χ1n) is 5.89. The second-order valence-electron chi connectivity index (χ2n) is 4.11. The molecule has 1 unspecified atom stereocenters. The van der Waals surface area contributed by atoms with Crippen molar-refractivity contribution in [3.8, 4) is 11.5 Å². The normalized spacial score (nSPS) is 12.0. The number of nitrogens with two attached hydrogens (primary N) is 1. The van der Waals surface area contributed by atoms with Gasteiger partial charge in [0, 0.05) is 4.47 Å². The summed E-state index contributed by atoms with van der Waals surface area (Å²) in [4.78, 5) is 0. The molecule has 0 aliphatic heterocycles. The van der Waals surface area contributed by atoms with Crippen molar-refractivity contribution in [2.45, 2.75) is 6.04 Å². The minimum Gasteiger partial charge on any atom is -0.493 e. The summed E-state index contributed by atoms with van der Waals surface area (Å²) in [5.74, 6) is 1.38. The lowest BCUT2D eigenvalue weighted by Crippen LogP contribution is -2.12. The number of hydrogen-bond acceptors (Lipinski definition) is 3. The molecule has 0 fully saturated rings. The van der Waals surface area contributed by atoms with E-state index in [1.807, 2.05) is 42.5 Å².